The number of hydrogen-bond donors (Lipinski definition) is 2. The molecule has 2 atom stereocenters. The zero-order chi connectivity index (χ0) is 21.5. The van der Waals surface area contributed by atoms with Crippen molar-refractivity contribution in [2.75, 3.05) is 26.3 Å². The molecule has 3 aromatic rings. The van der Waals surface area contributed by atoms with Crippen LogP contribution in [-0.2, 0) is 16.0 Å². The number of nitrogens with zero attached hydrogens (tertiary/aromatic N) is 2. The van der Waals surface area contributed by atoms with E-state index in [1.807, 2.05) is 55.5 Å². The molecule has 0 aliphatic carbocycles. The molecule has 0 radical (unpaired) electrons. The first-order chi connectivity index (χ1) is 15.1. The lowest BCUT2D eigenvalue weighted by atomic mass is 9.86. The van der Waals surface area contributed by atoms with Gasteiger partial charge in [-0.25, -0.2) is 0 Å². The number of carbonyl (C=O) groups is 2. The van der Waals surface area contributed by atoms with Crippen molar-refractivity contribution in [1.82, 2.24) is 14.8 Å². The van der Waals surface area contributed by atoms with E-state index >= 15 is 0 Å². The Hall–Kier alpha value is -3.32. The standard InChI is InChI=1S/C24H25N3O4/c1-2-31-20-10-6-4-8-16(20)23-22-17(15-7-3-5-9-18(15)25-22)13-19-24(30)26(11-12-28)14-21(29)27(19)23/h3-10,19,23,25,28H,2,11-14H2,1H3/t19-,23+/m0/s1. The fraction of sp³-hybridized carbons (Fsp3) is 0.333. The average molecular weight is 419 g/mol. The lowest BCUT2D eigenvalue weighted by Crippen LogP contribution is -2.63. The summed E-state index contributed by atoms with van der Waals surface area (Å²) in [7, 11) is 0. The van der Waals surface area contributed by atoms with Gasteiger partial charge in [0.25, 0.3) is 0 Å². The van der Waals surface area contributed by atoms with Crippen molar-refractivity contribution in [3.05, 3.63) is 65.4 Å². The summed E-state index contributed by atoms with van der Waals surface area (Å²) in [6.07, 6.45) is 0.444. The quantitative estimate of drug-likeness (QED) is 0.664. The third-order valence-corrected chi connectivity index (χ3v) is 6.23. The lowest BCUT2D eigenvalue weighted by molar-refractivity contribution is -0.159. The predicted octanol–water partition coefficient (Wildman–Crippen LogP) is 2.24. The number of hydrogen-bond acceptors (Lipinski definition) is 4. The summed E-state index contributed by atoms with van der Waals surface area (Å²) in [6.45, 7) is 2.40. The molecule has 160 valence electrons. The van der Waals surface area contributed by atoms with Gasteiger partial charge in [0.15, 0.2) is 0 Å². The number of piperazine rings is 1. The van der Waals surface area contributed by atoms with Crippen molar-refractivity contribution >= 4 is 22.7 Å². The smallest absolute Gasteiger partial charge is 0.246 e. The normalized spacial score (nSPS) is 20.7. The summed E-state index contributed by atoms with van der Waals surface area (Å²) in [5.41, 5.74) is 3.83. The fourth-order valence-electron chi connectivity index (χ4n) is 4.95. The van der Waals surface area contributed by atoms with E-state index in [0.717, 1.165) is 27.7 Å². The number of rotatable bonds is 5. The van der Waals surface area contributed by atoms with Crippen molar-refractivity contribution in [2.45, 2.75) is 25.4 Å². The molecule has 5 rings (SSSR count). The van der Waals surface area contributed by atoms with Gasteiger partial charge < -0.3 is 24.6 Å². The molecule has 0 spiro atoms. The number of β-amino-alcohol motifs (C(OH)–C–C–N with tert-alkyl or cyclic N) is 1. The summed E-state index contributed by atoms with van der Waals surface area (Å²) in [5, 5.41) is 10.4. The second kappa shape index (κ2) is 7.74. The Bertz CT molecular complexity index is 1150. The van der Waals surface area contributed by atoms with E-state index in [1.54, 1.807) is 4.90 Å². The minimum Gasteiger partial charge on any atom is -0.494 e. The molecule has 2 amide bonds. The van der Waals surface area contributed by atoms with E-state index in [9.17, 15) is 14.7 Å². The molecule has 0 saturated carbocycles. The van der Waals surface area contributed by atoms with Crippen LogP contribution in [0.2, 0.25) is 0 Å². The van der Waals surface area contributed by atoms with E-state index < -0.39 is 12.1 Å². The van der Waals surface area contributed by atoms with Crippen LogP contribution in [0.4, 0.5) is 0 Å². The van der Waals surface area contributed by atoms with Crippen molar-refractivity contribution in [1.29, 1.82) is 0 Å². The summed E-state index contributed by atoms with van der Waals surface area (Å²) in [4.78, 5) is 33.4. The van der Waals surface area contributed by atoms with Crippen molar-refractivity contribution in [2.24, 2.45) is 0 Å². The number of ether oxygens (including phenoxy) is 1. The average Bonchev–Trinajstić information content (AvgIpc) is 3.15. The second-order valence-corrected chi connectivity index (χ2v) is 7.94. The minimum atomic E-state index is -0.612. The number of aliphatic hydroxyl groups excluding tert-OH is 1. The maximum Gasteiger partial charge on any atom is 0.246 e. The number of benzene rings is 2. The van der Waals surface area contributed by atoms with E-state index in [2.05, 4.69) is 4.98 Å². The summed E-state index contributed by atoms with van der Waals surface area (Å²) < 4.78 is 5.90. The molecule has 2 aromatic carbocycles. The first-order valence-corrected chi connectivity index (χ1v) is 10.7. The number of aliphatic hydroxyl groups is 1. The molecule has 2 N–H and O–H groups in total. The van der Waals surface area contributed by atoms with Crippen LogP contribution in [0.5, 0.6) is 5.75 Å². The third kappa shape index (κ3) is 3.08. The van der Waals surface area contributed by atoms with Gasteiger partial charge in [0.2, 0.25) is 11.8 Å². The van der Waals surface area contributed by atoms with Gasteiger partial charge in [0, 0.05) is 35.1 Å². The first kappa shape index (κ1) is 19.6. The fourth-order valence-corrected chi connectivity index (χ4v) is 4.95. The molecule has 1 aromatic heterocycles. The molecular weight excluding hydrogens is 394 g/mol. The van der Waals surface area contributed by atoms with E-state index in [1.165, 1.54) is 4.90 Å². The van der Waals surface area contributed by atoms with E-state index in [-0.39, 0.29) is 31.5 Å². The number of nitrogens with one attached hydrogen (secondary N) is 1. The Morgan fingerprint density at radius 1 is 1.13 bits per heavy atom. The molecule has 0 unspecified atom stereocenters. The Morgan fingerprint density at radius 2 is 1.90 bits per heavy atom. The van der Waals surface area contributed by atoms with Crippen molar-refractivity contribution < 1.29 is 19.4 Å². The first-order valence-electron chi connectivity index (χ1n) is 10.7. The maximum absolute atomic E-state index is 13.3. The molecule has 2 aliphatic heterocycles. The van der Waals surface area contributed by atoms with Gasteiger partial charge >= 0.3 is 0 Å². The van der Waals surface area contributed by atoms with Crippen LogP contribution >= 0.6 is 0 Å². The van der Waals surface area contributed by atoms with Gasteiger partial charge in [-0.15, -0.1) is 0 Å². The molecule has 0 bridgehead atoms. The number of carbonyl (C=O) groups excluding carboxylic acids is 2. The Balaban J connectivity index is 1.72. The third-order valence-electron chi connectivity index (χ3n) is 6.23. The molecule has 7 nitrogen and oxygen atoms in total. The van der Waals surface area contributed by atoms with Gasteiger partial charge in [-0.3, -0.25) is 9.59 Å². The second-order valence-electron chi connectivity index (χ2n) is 7.94. The summed E-state index contributed by atoms with van der Waals surface area (Å²) >= 11 is 0. The Kier molecular flexibility index (Phi) is 4.90. The van der Waals surface area contributed by atoms with Gasteiger partial charge in [0.1, 0.15) is 17.8 Å². The molecule has 2 aliphatic rings. The van der Waals surface area contributed by atoms with Crippen LogP contribution in [0.25, 0.3) is 10.9 Å². The van der Waals surface area contributed by atoms with Crippen molar-refractivity contribution in [3.8, 4) is 5.75 Å². The number of aromatic amines is 1. The molecule has 1 fully saturated rings. The van der Waals surface area contributed by atoms with Gasteiger partial charge in [-0.1, -0.05) is 36.4 Å². The van der Waals surface area contributed by atoms with E-state index in [4.69, 9.17) is 4.74 Å². The van der Waals surface area contributed by atoms with Crippen LogP contribution in [0.1, 0.15) is 29.8 Å². The number of amides is 2. The monoisotopic (exact) mass is 419 g/mol. The van der Waals surface area contributed by atoms with Gasteiger partial charge in [-0.2, -0.15) is 0 Å². The van der Waals surface area contributed by atoms with Crippen molar-refractivity contribution in [3.63, 3.8) is 0 Å². The lowest BCUT2D eigenvalue weighted by Gasteiger charge is -2.47. The minimum absolute atomic E-state index is 0.0290. The van der Waals surface area contributed by atoms with Crippen LogP contribution in [0, 0.1) is 0 Å². The maximum atomic E-state index is 13.3. The van der Waals surface area contributed by atoms with E-state index in [0.29, 0.717) is 18.8 Å². The zero-order valence-electron chi connectivity index (χ0n) is 17.4. The number of para-hydroxylation sites is 2. The summed E-state index contributed by atoms with van der Waals surface area (Å²) in [6, 6.07) is 14.7. The van der Waals surface area contributed by atoms with Crippen LogP contribution < -0.4 is 4.74 Å². The Morgan fingerprint density at radius 3 is 2.71 bits per heavy atom. The largest absolute Gasteiger partial charge is 0.494 e. The Labute approximate surface area is 180 Å². The van der Waals surface area contributed by atoms with Crippen LogP contribution in [-0.4, -0.2) is 64.0 Å². The highest BCUT2D eigenvalue weighted by Crippen LogP contribution is 2.44. The molecule has 1 saturated heterocycles. The van der Waals surface area contributed by atoms with Crippen LogP contribution in [0.15, 0.2) is 48.5 Å². The highest BCUT2D eigenvalue weighted by Gasteiger charge is 2.48. The van der Waals surface area contributed by atoms with Gasteiger partial charge in [-0.05, 0) is 24.6 Å². The summed E-state index contributed by atoms with van der Waals surface area (Å²) in [5.74, 6) is 0.459. The SMILES string of the molecule is CCOc1ccccc1[C@@H]1c2[nH]c3ccccc3c2C[C@H]2C(=O)N(CCO)CC(=O)N12. The van der Waals surface area contributed by atoms with Gasteiger partial charge in [0.05, 0.1) is 19.8 Å². The molecular formula is C24H25N3O4. The molecule has 31 heavy (non-hydrogen) atoms. The topological polar surface area (TPSA) is 85.9 Å². The zero-order valence-corrected chi connectivity index (χ0v) is 17.4. The number of fused-ring (bicyclic) bond motifs is 4. The van der Waals surface area contributed by atoms with Crippen LogP contribution in [0.3, 0.4) is 0 Å². The number of H-pyrrole nitrogens is 1. The highest BCUT2D eigenvalue weighted by molar-refractivity contribution is 5.97. The molecule has 7 heteroatoms. The number of aromatic nitrogens is 1. The molecule has 3 heterocycles. The predicted molar refractivity (Wildman–Crippen MR) is 116 cm³/mol. The highest BCUT2D eigenvalue weighted by atomic mass is 16.5.